The number of hydrogen-bond acceptors (Lipinski definition) is 3. The largest absolute Gasteiger partial charge is 1.00 e. The molecule has 0 fully saturated rings. The molecular formula is C23H19Br2NO3. The smallest absolute Gasteiger partial charge is 0.336 e. The van der Waals surface area contributed by atoms with Crippen LogP contribution >= 0.6 is 15.9 Å². The molecule has 148 valence electrons. The first kappa shape index (κ1) is 21.3. The Balaban J connectivity index is 0.00000240. The number of benzene rings is 2. The topological polar surface area (TPSA) is 43.3 Å². The molecule has 0 aliphatic carbocycles. The van der Waals surface area contributed by atoms with Crippen molar-refractivity contribution in [3.8, 4) is 5.75 Å². The Labute approximate surface area is 187 Å². The third-order valence-corrected chi connectivity index (χ3v) is 5.10. The minimum atomic E-state index is -0.347. The molecule has 0 saturated carbocycles. The fourth-order valence-electron chi connectivity index (χ4n) is 3.05. The van der Waals surface area contributed by atoms with E-state index < -0.39 is 0 Å². The molecule has 2 aromatic heterocycles. The zero-order valence-electron chi connectivity index (χ0n) is 15.8. The zero-order valence-corrected chi connectivity index (χ0v) is 18.9. The van der Waals surface area contributed by atoms with Gasteiger partial charge in [0.25, 0.3) is 0 Å². The van der Waals surface area contributed by atoms with Crippen molar-refractivity contribution in [3.63, 3.8) is 0 Å². The van der Waals surface area contributed by atoms with Crippen LogP contribution in [0.4, 0.5) is 0 Å². The first-order valence-electron chi connectivity index (χ1n) is 8.96. The van der Waals surface area contributed by atoms with Gasteiger partial charge in [-0.1, -0.05) is 28.1 Å². The van der Waals surface area contributed by atoms with E-state index in [1.807, 2.05) is 55.7 Å². The maximum absolute atomic E-state index is 11.6. The van der Waals surface area contributed by atoms with E-state index in [1.165, 1.54) is 11.6 Å². The summed E-state index contributed by atoms with van der Waals surface area (Å²) in [5.74, 6) is 0.674. The van der Waals surface area contributed by atoms with Crippen molar-refractivity contribution in [1.29, 1.82) is 0 Å². The van der Waals surface area contributed by atoms with Crippen LogP contribution in [0.5, 0.6) is 5.75 Å². The normalized spacial score (nSPS) is 10.6. The molecule has 4 rings (SSSR count). The number of rotatable bonds is 5. The SMILES string of the molecule is Cc1cc(=O)oc2cc(OCc3cc[n+](Cc4ccc(Br)cc4)cc3)ccc12.[Br-]. The van der Waals surface area contributed by atoms with Gasteiger partial charge in [0.2, 0.25) is 0 Å². The highest BCUT2D eigenvalue weighted by molar-refractivity contribution is 9.10. The first-order chi connectivity index (χ1) is 13.6. The average molecular weight is 517 g/mol. The molecule has 0 bridgehead atoms. The van der Waals surface area contributed by atoms with E-state index in [0.29, 0.717) is 17.9 Å². The van der Waals surface area contributed by atoms with Crippen molar-refractivity contribution in [2.24, 2.45) is 0 Å². The van der Waals surface area contributed by atoms with Gasteiger partial charge in [0.05, 0.1) is 0 Å². The second-order valence-electron chi connectivity index (χ2n) is 6.70. The molecule has 0 aliphatic heterocycles. The van der Waals surface area contributed by atoms with Crippen molar-refractivity contribution < 1.29 is 30.7 Å². The predicted octanol–water partition coefficient (Wildman–Crippen LogP) is 1.78. The second-order valence-corrected chi connectivity index (χ2v) is 7.62. The molecule has 0 spiro atoms. The summed E-state index contributed by atoms with van der Waals surface area (Å²) in [6.45, 7) is 3.16. The number of aromatic nitrogens is 1. The third-order valence-electron chi connectivity index (χ3n) is 4.57. The van der Waals surface area contributed by atoms with Gasteiger partial charge < -0.3 is 26.1 Å². The quantitative estimate of drug-likeness (QED) is 0.300. The Morgan fingerprint density at radius 1 is 0.966 bits per heavy atom. The molecule has 0 atom stereocenters. The number of aryl methyl sites for hydroxylation is 1. The van der Waals surface area contributed by atoms with Crippen molar-refractivity contribution in [1.82, 2.24) is 0 Å². The van der Waals surface area contributed by atoms with Gasteiger partial charge >= 0.3 is 5.63 Å². The molecule has 0 radical (unpaired) electrons. The van der Waals surface area contributed by atoms with E-state index in [9.17, 15) is 4.79 Å². The van der Waals surface area contributed by atoms with Gasteiger partial charge in [-0.2, -0.15) is 0 Å². The molecule has 2 aromatic carbocycles. The van der Waals surface area contributed by atoms with Gasteiger partial charge in [0.15, 0.2) is 18.9 Å². The summed E-state index contributed by atoms with van der Waals surface area (Å²) >= 11 is 3.46. The standard InChI is InChI=1S/C23H19BrNO3.BrH/c1-16-12-23(26)28-22-13-20(6-7-21(16)22)27-15-18-8-10-25(11-9-18)14-17-2-4-19(24)5-3-17;/h2-13H,14-15H2,1H3;1H/q+1;/p-1. The Morgan fingerprint density at radius 3 is 2.41 bits per heavy atom. The van der Waals surface area contributed by atoms with Crippen LogP contribution in [-0.4, -0.2) is 0 Å². The fraction of sp³-hybridized carbons (Fsp3) is 0.130. The Bertz CT molecular complexity index is 1170. The van der Waals surface area contributed by atoms with Crippen molar-refractivity contribution in [2.45, 2.75) is 20.1 Å². The van der Waals surface area contributed by atoms with E-state index in [0.717, 1.165) is 27.5 Å². The highest BCUT2D eigenvalue weighted by Gasteiger charge is 2.06. The fourth-order valence-corrected chi connectivity index (χ4v) is 3.32. The maximum Gasteiger partial charge on any atom is 0.336 e. The number of pyridine rings is 1. The zero-order chi connectivity index (χ0) is 19.5. The van der Waals surface area contributed by atoms with Gasteiger partial charge in [0, 0.05) is 45.3 Å². The highest BCUT2D eigenvalue weighted by Crippen LogP contribution is 2.22. The van der Waals surface area contributed by atoms with E-state index in [2.05, 4.69) is 32.6 Å². The number of ether oxygens (including phenoxy) is 1. The van der Waals surface area contributed by atoms with Crippen LogP contribution in [-0.2, 0) is 13.2 Å². The summed E-state index contributed by atoms with van der Waals surface area (Å²) in [6.07, 6.45) is 4.09. The van der Waals surface area contributed by atoms with Gasteiger partial charge in [-0.3, -0.25) is 0 Å². The number of halogens is 2. The van der Waals surface area contributed by atoms with Crippen LogP contribution in [0.1, 0.15) is 16.7 Å². The Hall–Kier alpha value is -2.44. The molecule has 0 saturated heterocycles. The number of fused-ring (bicyclic) bond motifs is 1. The Morgan fingerprint density at radius 2 is 1.69 bits per heavy atom. The molecular weight excluding hydrogens is 498 g/mol. The molecule has 0 N–H and O–H groups in total. The molecule has 29 heavy (non-hydrogen) atoms. The molecule has 0 unspecified atom stereocenters. The van der Waals surface area contributed by atoms with Gasteiger partial charge in [0.1, 0.15) is 17.9 Å². The summed E-state index contributed by atoms with van der Waals surface area (Å²) in [4.78, 5) is 11.6. The molecule has 0 aliphatic rings. The number of hydrogen-bond donors (Lipinski definition) is 0. The second kappa shape index (κ2) is 9.37. The average Bonchev–Trinajstić information content (AvgIpc) is 2.69. The predicted molar refractivity (Wildman–Crippen MR) is 111 cm³/mol. The first-order valence-corrected chi connectivity index (χ1v) is 9.76. The van der Waals surface area contributed by atoms with E-state index in [-0.39, 0.29) is 22.6 Å². The van der Waals surface area contributed by atoms with Crippen LogP contribution < -0.4 is 31.9 Å². The lowest BCUT2D eigenvalue weighted by Gasteiger charge is -2.07. The lowest BCUT2D eigenvalue weighted by atomic mass is 10.1. The summed E-state index contributed by atoms with van der Waals surface area (Å²) in [7, 11) is 0. The van der Waals surface area contributed by atoms with Crippen LogP contribution in [0, 0.1) is 6.92 Å². The van der Waals surface area contributed by atoms with Crippen molar-refractivity contribution in [2.75, 3.05) is 0 Å². The summed E-state index contributed by atoms with van der Waals surface area (Å²) in [5, 5.41) is 0.917. The van der Waals surface area contributed by atoms with Crippen LogP contribution in [0.15, 0.2) is 86.7 Å². The maximum atomic E-state index is 11.6. The molecule has 4 nitrogen and oxygen atoms in total. The summed E-state index contributed by atoms with van der Waals surface area (Å²) in [5.41, 5.74) is 3.41. The van der Waals surface area contributed by atoms with E-state index >= 15 is 0 Å². The molecule has 0 amide bonds. The Kier molecular flexibility index (Phi) is 6.87. The summed E-state index contributed by atoms with van der Waals surface area (Å²) < 4.78 is 14.4. The minimum absolute atomic E-state index is 0. The van der Waals surface area contributed by atoms with Crippen LogP contribution in [0.2, 0.25) is 0 Å². The van der Waals surface area contributed by atoms with Crippen molar-refractivity contribution >= 4 is 26.9 Å². The monoisotopic (exact) mass is 515 g/mol. The van der Waals surface area contributed by atoms with Crippen LogP contribution in [0.3, 0.4) is 0 Å². The van der Waals surface area contributed by atoms with E-state index in [1.54, 1.807) is 6.07 Å². The number of nitrogens with zero attached hydrogens (tertiary/aromatic N) is 1. The molecule has 6 heteroatoms. The third kappa shape index (κ3) is 5.34. The van der Waals surface area contributed by atoms with E-state index in [4.69, 9.17) is 9.15 Å². The highest BCUT2D eigenvalue weighted by atomic mass is 79.9. The van der Waals surface area contributed by atoms with Crippen LogP contribution in [0.25, 0.3) is 11.0 Å². The lowest BCUT2D eigenvalue weighted by molar-refractivity contribution is -0.688. The van der Waals surface area contributed by atoms with Gasteiger partial charge in [-0.15, -0.1) is 0 Å². The molecule has 4 aromatic rings. The molecule has 2 heterocycles. The van der Waals surface area contributed by atoms with Gasteiger partial charge in [-0.25, -0.2) is 9.36 Å². The van der Waals surface area contributed by atoms with Gasteiger partial charge in [-0.05, 0) is 36.8 Å². The minimum Gasteiger partial charge on any atom is -1.00 e. The summed E-state index contributed by atoms with van der Waals surface area (Å²) in [6, 6.07) is 19.5. The van der Waals surface area contributed by atoms with Crippen molar-refractivity contribution in [3.05, 3.63) is 105 Å². The lowest BCUT2D eigenvalue weighted by Crippen LogP contribution is -3.00.